The van der Waals surface area contributed by atoms with Crippen LogP contribution in [0.2, 0.25) is 0 Å². The second kappa shape index (κ2) is 7.00. The first-order chi connectivity index (χ1) is 11.3. The highest BCUT2D eigenvalue weighted by Gasteiger charge is 2.32. The van der Waals surface area contributed by atoms with Crippen molar-refractivity contribution in [1.82, 2.24) is 10.2 Å². The van der Waals surface area contributed by atoms with Gasteiger partial charge in [-0.25, -0.2) is 18.0 Å². The zero-order valence-electron chi connectivity index (χ0n) is 13.3. The van der Waals surface area contributed by atoms with Crippen LogP contribution in [0.1, 0.15) is 24.2 Å². The second-order valence-corrected chi connectivity index (χ2v) is 7.42. The molecule has 0 saturated carbocycles. The lowest BCUT2D eigenvalue weighted by atomic mass is 10.2. The molecule has 1 aromatic rings. The Morgan fingerprint density at radius 2 is 2.00 bits per heavy atom. The lowest BCUT2D eigenvalue weighted by Crippen LogP contribution is -2.41. The van der Waals surface area contributed by atoms with Crippen molar-refractivity contribution >= 4 is 27.7 Å². The molecule has 0 spiro atoms. The minimum Gasteiger partial charge on any atom is -0.449 e. The number of nitrogens with one attached hydrogen (secondary N) is 1. The zero-order valence-corrected chi connectivity index (χ0v) is 14.1. The van der Waals surface area contributed by atoms with Crippen molar-refractivity contribution in [3.05, 3.63) is 29.8 Å². The average Bonchev–Trinajstić information content (AvgIpc) is 3.00. The fourth-order valence-electron chi connectivity index (χ4n) is 2.24. The molecule has 0 radical (unpaired) electrons. The Hall–Kier alpha value is -2.42. The molecule has 0 bridgehead atoms. The van der Waals surface area contributed by atoms with Gasteiger partial charge in [0.1, 0.15) is 0 Å². The van der Waals surface area contributed by atoms with Gasteiger partial charge in [0.2, 0.25) is 0 Å². The molecule has 1 aliphatic heterocycles. The summed E-state index contributed by atoms with van der Waals surface area (Å²) >= 11 is 0. The molecule has 1 aromatic carbocycles. The van der Waals surface area contributed by atoms with Gasteiger partial charge in [-0.2, -0.15) is 0 Å². The number of sulfone groups is 1. The van der Waals surface area contributed by atoms with E-state index in [2.05, 4.69) is 5.32 Å². The summed E-state index contributed by atoms with van der Waals surface area (Å²) in [6, 6.07) is 5.10. The van der Waals surface area contributed by atoms with Gasteiger partial charge in [-0.15, -0.1) is 0 Å². The summed E-state index contributed by atoms with van der Waals surface area (Å²) in [6.45, 7) is 3.33. The minimum atomic E-state index is -3.61. The Labute approximate surface area is 139 Å². The Morgan fingerprint density at radius 3 is 2.58 bits per heavy atom. The van der Waals surface area contributed by atoms with E-state index < -0.39 is 33.8 Å². The van der Waals surface area contributed by atoms with E-state index in [0.29, 0.717) is 6.54 Å². The summed E-state index contributed by atoms with van der Waals surface area (Å²) in [6.07, 6.45) is -1.21. The van der Waals surface area contributed by atoms with Gasteiger partial charge in [-0.05, 0) is 19.1 Å². The smallest absolute Gasteiger partial charge is 0.340 e. The molecule has 1 heterocycles. The van der Waals surface area contributed by atoms with Crippen LogP contribution in [-0.2, 0) is 19.4 Å². The predicted octanol–water partition coefficient (Wildman–Crippen LogP) is 0.577. The molecule has 1 N–H and O–H groups in total. The van der Waals surface area contributed by atoms with Crippen molar-refractivity contribution in [2.45, 2.75) is 24.8 Å². The summed E-state index contributed by atoms with van der Waals surface area (Å²) in [5, 5.41) is 2.47. The van der Waals surface area contributed by atoms with Gasteiger partial charge >= 0.3 is 12.0 Å². The third kappa shape index (κ3) is 3.56. The number of carbonyl (C=O) groups is 3. The number of benzene rings is 1. The maximum absolute atomic E-state index is 12.3. The van der Waals surface area contributed by atoms with Crippen LogP contribution in [0.5, 0.6) is 0 Å². The number of urea groups is 1. The fraction of sp³-hybridized carbons (Fsp3) is 0.400. The number of rotatable bonds is 5. The van der Waals surface area contributed by atoms with E-state index in [9.17, 15) is 22.8 Å². The molecule has 130 valence electrons. The van der Waals surface area contributed by atoms with E-state index in [-0.39, 0.29) is 22.8 Å². The molecule has 0 unspecified atom stereocenters. The molecule has 24 heavy (non-hydrogen) atoms. The van der Waals surface area contributed by atoms with Crippen molar-refractivity contribution in [1.29, 1.82) is 0 Å². The molecule has 0 aromatic heterocycles. The molecule has 2 rings (SSSR count). The monoisotopic (exact) mass is 354 g/mol. The highest BCUT2D eigenvalue weighted by Crippen LogP contribution is 2.19. The number of hydrogen-bond acceptors (Lipinski definition) is 6. The molecule has 1 saturated heterocycles. The summed E-state index contributed by atoms with van der Waals surface area (Å²) in [7, 11) is -3.61. The first-order valence-corrected chi connectivity index (χ1v) is 9.05. The number of ether oxygens (including phenoxy) is 1. The molecule has 8 nitrogen and oxygen atoms in total. The Balaban J connectivity index is 2.19. The normalized spacial score (nSPS) is 15.8. The third-order valence-corrected chi connectivity index (χ3v) is 5.36. The van der Waals surface area contributed by atoms with E-state index in [4.69, 9.17) is 4.74 Å². The van der Waals surface area contributed by atoms with Crippen molar-refractivity contribution in [2.75, 3.05) is 18.8 Å². The quantitative estimate of drug-likeness (QED) is 0.775. The Morgan fingerprint density at radius 1 is 1.33 bits per heavy atom. The van der Waals surface area contributed by atoms with Gasteiger partial charge in [0.05, 0.1) is 16.2 Å². The van der Waals surface area contributed by atoms with Gasteiger partial charge in [-0.1, -0.05) is 19.1 Å². The lowest BCUT2D eigenvalue weighted by molar-refractivity contribution is -0.136. The van der Waals surface area contributed by atoms with Crippen LogP contribution < -0.4 is 5.32 Å². The van der Waals surface area contributed by atoms with Crippen LogP contribution in [-0.4, -0.2) is 56.2 Å². The topological polar surface area (TPSA) is 110 Å². The van der Waals surface area contributed by atoms with E-state index in [1.807, 2.05) is 0 Å². The van der Waals surface area contributed by atoms with E-state index in [0.717, 1.165) is 4.90 Å². The van der Waals surface area contributed by atoms with Crippen LogP contribution in [0.3, 0.4) is 0 Å². The number of carbonyl (C=O) groups excluding carboxylic acids is 3. The number of imide groups is 1. The largest absolute Gasteiger partial charge is 0.449 e. The average molecular weight is 354 g/mol. The van der Waals surface area contributed by atoms with Crippen molar-refractivity contribution in [2.24, 2.45) is 0 Å². The molecule has 1 atom stereocenters. The van der Waals surface area contributed by atoms with Crippen molar-refractivity contribution in [3.63, 3.8) is 0 Å². The molecule has 3 amide bonds. The Bertz CT molecular complexity index is 774. The van der Waals surface area contributed by atoms with Gasteiger partial charge in [0, 0.05) is 13.1 Å². The van der Waals surface area contributed by atoms with Crippen LogP contribution in [0, 0.1) is 0 Å². The first kappa shape index (κ1) is 17.9. The minimum absolute atomic E-state index is 0.134. The van der Waals surface area contributed by atoms with Crippen molar-refractivity contribution in [3.8, 4) is 0 Å². The highest BCUT2D eigenvalue weighted by atomic mass is 32.2. The number of esters is 1. The highest BCUT2D eigenvalue weighted by molar-refractivity contribution is 7.91. The maximum atomic E-state index is 12.3. The lowest BCUT2D eigenvalue weighted by Gasteiger charge is -2.18. The summed E-state index contributed by atoms with van der Waals surface area (Å²) in [5.41, 5.74) is -0.134. The third-order valence-electron chi connectivity index (χ3n) is 3.58. The number of nitrogens with zero attached hydrogens (tertiary/aromatic N) is 1. The second-order valence-electron chi connectivity index (χ2n) is 5.17. The van der Waals surface area contributed by atoms with Crippen LogP contribution in [0.15, 0.2) is 29.2 Å². The van der Waals surface area contributed by atoms with E-state index in [1.165, 1.54) is 38.1 Å². The number of amides is 3. The molecule has 9 heteroatoms. The van der Waals surface area contributed by atoms with Gasteiger partial charge in [0.25, 0.3) is 5.91 Å². The van der Waals surface area contributed by atoms with Crippen molar-refractivity contribution < 1.29 is 27.5 Å². The first-order valence-electron chi connectivity index (χ1n) is 7.40. The fourth-order valence-corrected chi connectivity index (χ4v) is 3.32. The summed E-state index contributed by atoms with van der Waals surface area (Å²) < 4.78 is 29.2. The summed E-state index contributed by atoms with van der Waals surface area (Å²) in [4.78, 5) is 36.7. The standard InChI is InChI=1S/C15H18N2O6S/c1-3-24(21,22)12-7-5-4-6-11(12)14(19)23-10(2)13(18)17-9-8-16-15(17)20/h4-7,10H,3,8-9H2,1-2H3,(H,16,20)/t10-/m1/s1. The van der Waals surface area contributed by atoms with Crippen LogP contribution in [0.4, 0.5) is 4.79 Å². The molecule has 1 aliphatic rings. The maximum Gasteiger partial charge on any atom is 0.340 e. The van der Waals surface area contributed by atoms with Crippen LogP contribution >= 0.6 is 0 Å². The van der Waals surface area contributed by atoms with E-state index >= 15 is 0 Å². The van der Waals surface area contributed by atoms with Gasteiger partial charge < -0.3 is 10.1 Å². The summed E-state index contributed by atoms with van der Waals surface area (Å²) in [5.74, 6) is -1.75. The van der Waals surface area contributed by atoms with Gasteiger partial charge in [0.15, 0.2) is 15.9 Å². The molecular formula is C15H18N2O6S. The van der Waals surface area contributed by atoms with E-state index in [1.54, 1.807) is 0 Å². The molecule has 1 fully saturated rings. The Kier molecular flexibility index (Phi) is 5.23. The number of hydrogen-bond donors (Lipinski definition) is 1. The SMILES string of the molecule is CCS(=O)(=O)c1ccccc1C(=O)O[C@H](C)C(=O)N1CCNC1=O. The molecular weight excluding hydrogens is 336 g/mol. The predicted molar refractivity (Wildman–Crippen MR) is 84.2 cm³/mol. The van der Waals surface area contributed by atoms with Gasteiger partial charge in [-0.3, -0.25) is 9.69 Å². The zero-order chi connectivity index (χ0) is 17.9. The van der Waals surface area contributed by atoms with Crippen LogP contribution in [0.25, 0.3) is 0 Å². The molecule has 0 aliphatic carbocycles.